The summed E-state index contributed by atoms with van der Waals surface area (Å²) in [5.41, 5.74) is 2.93. The molecule has 8 nitrogen and oxygen atoms in total. The van der Waals surface area contributed by atoms with Crippen LogP contribution >= 0.6 is 11.3 Å². The van der Waals surface area contributed by atoms with E-state index in [2.05, 4.69) is 29.3 Å². The van der Waals surface area contributed by atoms with Crippen LogP contribution in [0.2, 0.25) is 0 Å². The standard InChI is InChI=1S/C36H32N2O6S/c1-5-43-35(40)32-22(2)37-36-38(33(32)29-20-26(41-3)16-17-30(29)42-4)34(39)31(45-36)19-23-10-8-14-27(18-23)44-21-25-13-9-12-24-11-6-7-15-28(24)25/h6-20,33H,5,21H2,1-4H3/b31-19+/t33-/m1/s1. The lowest BCUT2D eigenvalue weighted by molar-refractivity contribution is -0.139. The van der Waals surface area contributed by atoms with E-state index >= 15 is 0 Å². The normalized spacial score (nSPS) is 14.6. The first kappa shape index (κ1) is 29.9. The minimum atomic E-state index is -0.831. The number of aromatic nitrogens is 1. The molecule has 6 rings (SSSR count). The summed E-state index contributed by atoms with van der Waals surface area (Å²) in [6.07, 6.45) is 1.82. The second kappa shape index (κ2) is 12.8. The van der Waals surface area contributed by atoms with Crippen LogP contribution in [-0.2, 0) is 16.1 Å². The van der Waals surface area contributed by atoms with Crippen LogP contribution in [0.1, 0.15) is 36.6 Å². The number of rotatable bonds is 9. The Morgan fingerprint density at radius 2 is 1.76 bits per heavy atom. The van der Waals surface area contributed by atoms with E-state index in [1.807, 2.05) is 48.5 Å². The Morgan fingerprint density at radius 3 is 2.56 bits per heavy atom. The molecular formula is C36H32N2O6S. The molecule has 45 heavy (non-hydrogen) atoms. The van der Waals surface area contributed by atoms with Gasteiger partial charge >= 0.3 is 5.97 Å². The van der Waals surface area contributed by atoms with Gasteiger partial charge in [0.05, 0.1) is 36.6 Å². The summed E-state index contributed by atoms with van der Waals surface area (Å²) in [5.74, 6) is 1.21. The highest BCUT2D eigenvalue weighted by atomic mass is 32.1. The van der Waals surface area contributed by atoms with E-state index in [0.717, 1.165) is 21.9 Å². The number of esters is 1. The molecular weight excluding hydrogens is 588 g/mol. The van der Waals surface area contributed by atoms with Gasteiger partial charge in [0.25, 0.3) is 5.56 Å². The zero-order valence-electron chi connectivity index (χ0n) is 25.4. The monoisotopic (exact) mass is 620 g/mol. The van der Waals surface area contributed by atoms with Gasteiger partial charge < -0.3 is 18.9 Å². The first-order valence-electron chi connectivity index (χ1n) is 14.5. The van der Waals surface area contributed by atoms with E-state index in [4.69, 9.17) is 18.9 Å². The van der Waals surface area contributed by atoms with Crippen LogP contribution < -0.4 is 29.1 Å². The minimum Gasteiger partial charge on any atom is -0.497 e. The van der Waals surface area contributed by atoms with Gasteiger partial charge in [0.1, 0.15) is 29.9 Å². The lowest BCUT2D eigenvalue weighted by atomic mass is 9.94. The largest absolute Gasteiger partial charge is 0.497 e. The number of thiazole rings is 1. The van der Waals surface area contributed by atoms with E-state index in [0.29, 0.717) is 44.4 Å². The maximum Gasteiger partial charge on any atom is 0.338 e. The average molecular weight is 621 g/mol. The maximum absolute atomic E-state index is 14.1. The molecule has 0 bridgehead atoms. The fourth-order valence-electron chi connectivity index (χ4n) is 5.56. The smallest absolute Gasteiger partial charge is 0.338 e. The van der Waals surface area contributed by atoms with Gasteiger partial charge in [-0.15, -0.1) is 0 Å². The van der Waals surface area contributed by atoms with Crippen LogP contribution in [0.15, 0.2) is 106 Å². The predicted molar refractivity (Wildman–Crippen MR) is 175 cm³/mol. The molecule has 5 aromatic rings. The minimum absolute atomic E-state index is 0.181. The lowest BCUT2D eigenvalue weighted by Gasteiger charge is -2.26. The highest BCUT2D eigenvalue weighted by molar-refractivity contribution is 7.07. The molecule has 2 heterocycles. The molecule has 9 heteroatoms. The van der Waals surface area contributed by atoms with E-state index in [1.54, 1.807) is 46.3 Å². The van der Waals surface area contributed by atoms with Gasteiger partial charge in [0.15, 0.2) is 4.80 Å². The Balaban J connectivity index is 1.40. The summed E-state index contributed by atoms with van der Waals surface area (Å²) in [4.78, 5) is 32.6. The van der Waals surface area contributed by atoms with Crippen molar-refractivity contribution in [3.05, 3.63) is 133 Å². The highest BCUT2D eigenvalue weighted by Gasteiger charge is 2.35. The fourth-order valence-corrected chi connectivity index (χ4v) is 6.61. The summed E-state index contributed by atoms with van der Waals surface area (Å²) in [6.45, 7) is 4.08. The summed E-state index contributed by atoms with van der Waals surface area (Å²) in [5, 5.41) is 2.31. The van der Waals surface area contributed by atoms with E-state index in [-0.39, 0.29) is 17.7 Å². The van der Waals surface area contributed by atoms with Crippen molar-refractivity contribution >= 4 is 34.2 Å². The second-order valence-corrected chi connectivity index (χ2v) is 11.4. The fraction of sp³-hybridized carbons (Fsp3) is 0.194. The number of hydrogen-bond acceptors (Lipinski definition) is 8. The van der Waals surface area contributed by atoms with Crippen molar-refractivity contribution in [2.24, 2.45) is 4.99 Å². The maximum atomic E-state index is 14.1. The molecule has 0 saturated carbocycles. The Hall–Kier alpha value is -5.15. The number of methoxy groups -OCH3 is 2. The van der Waals surface area contributed by atoms with Crippen molar-refractivity contribution in [3.8, 4) is 17.2 Å². The Kier molecular flexibility index (Phi) is 8.53. The first-order valence-corrected chi connectivity index (χ1v) is 15.3. The molecule has 1 aliphatic rings. The van der Waals surface area contributed by atoms with Gasteiger partial charge in [-0.1, -0.05) is 65.9 Å². The predicted octanol–water partition coefficient (Wildman–Crippen LogP) is 5.55. The third kappa shape index (κ3) is 5.86. The quantitative estimate of drug-likeness (QED) is 0.201. The van der Waals surface area contributed by atoms with E-state index < -0.39 is 12.0 Å². The number of carbonyl (C=O) groups is 1. The zero-order valence-corrected chi connectivity index (χ0v) is 26.2. The summed E-state index contributed by atoms with van der Waals surface area (Å²) in [7, 11) is 3.11. The van der Waals surface area contributed by atoms with Gasteiger partial charge in [-0.05, 0) is 72.2 Å². The molecule has 228 valence electrons. The van der Waals surface area contributed by atoms with E-state index in [1.165, 1.54) is 15.9 Å². The van der Waals surface area contributed by atoms with Crippen molar-refractivity contribution < 1.29 is 23.7 Å². The summed E-state index contributed by atoms with van der Waals surface area (Å²) in [6, 6.07) is 26.5. The van der Waals surface area contributed by atoms with Gasteiger partial charge in [0.2, 0.25) is 0 Å². The lowest BCUT2D eigenvalue weighted by Crippen LogP contribution is -2.40. The van der Waals surface area contributed by atoms with Crippen molar-refractivity contribution in [2.75, 3.05) is 20.8 Å². The molecule has 1 aromatic heterocycles. The Bertz CT molecular complexity index is 2120. The van der Waals surface area contributed by atoms with E-state index in [9.17, 15) is 9.59 Å². The van der Waals surface area contributed by atoms with Crippen LogP contribution in [0.5, 0.6) is 17.2 Å². The molecule has 1 atom stereocenters. The number of benzene rings is 4. The molecule has 0 fully saturated rings. The number of hydrogen-bond donors (Lipinski definition) is 0. The van der Waals surface area contributed by atoms with Crippen molar-refractivity contribution in [1.29, 1.82) is 0 Å². The topological polar surface area (TPSA) is 88.4 Å². The van der Waals surface area contributed by atoms with Crippen LogP contribution in [-0.4, -0.2) is 31.4 Å². The van der Waals surface area contributed by atoms with Crippen LogP contribution in [0.25, 0.3) is 16.8 Å². The SMILES string of the molecule is CCOC(=O)C1=C(C)N=c2s/c(=C/c3cccc(OCc4cccc5ccccc45)c3)c(=O)n2[C@@H]1c1cc(OC)ccc1OC. The van der Waals surface area contributed by atoms with Gasteiger partial charge in [-0.2, -0.15) is 0 Å². The van der Waals surface area contributed by atoms with Crippen LogP contribution in [0.4, 0.5) is 0 Å². The second-order valence-electron chi connectivity index (χ2n) is 10.4. The number of carbonyl (C=O) groups excluding carboxylic acids is 1. The van der Waals surface area contributed by atoms with Gasteiger partial charge in [0, 0.05) is 5.56 Å². The van der Waals surface area contributed by atoms with Crippen LogP contribution in [0.3, 0.4) is 0 Å². The third-order valence-corrected chi connectivity index (χ3v) is 8.66. The molecule has 0 spiro atoms. The number of ether oxygens (including phenoxy) is 4. The molecule has 0 amide bonds. The summed E-state index contributed by atoms with van der Waals surface area (Å²) < 4.78 is 24.8. The zero-order chi connectivity index (χ0) is 31.5. The number of allylic oxidation sites excluding steroid dienone is 1. The highest BCUT2D eigenvalue weighted by Crippen LogP contribution is 2.37. The van der Waals surface area contributed by atoms with Gasteiger partial charge in [-0.3, -0.25) is 9.36 Å². The van der Waals surface area contributed by atoms with Gasteiger partial charge in [-0.25, -0.2) is 9.79 Å². The van der Waals surface area contributed by atoms with Crippen molar-refractivity contribution in [2.45, 2.75) is 26.5 Å². The molecule has 0 aliphatic carbocycles. The third-order valence-electron chi connectivity index (χ3n) is 7.68. The number of fused-ring (bicyclic) bond motifs is 2. The van der Waals surface area contributed by atoms with Crippen LogP contribution in [0, 0.1) is 0 Å². The van der Waals surface area contributed by atoms with Crippen molar-refractivity contribution in [1.82, 2.24) is 4.57 Å². The molecule has 4 aromatic carbocycles. The molecule has 0 saturated heterocycles. The number of nitrogens with zero attached hydrogens (tertiary/aromatic N) is 2. The average Bonchev–Trinajstić information content (AvgIpc) is 3.36. The molecule has 1 aliphatic heterocycles. The first-order chi connectivity index (χ1) is 21.9. The molecule has 0 unspecified atom stereocenters. The van der Waals surface area contributed by atoms with Crippen molar-refractivity contribution in [3.63, 3.8) is 0 Å². The molecule has 0 radical (unpaired) electrons. The molecule has 0 N–H and O–H groups in total. The Labute approximate surface area is 264 Å². The summed E-state index contributed by atoms with van der Waals surface area (Å²) >= 11 is 1.26. The Morgan fingerprint density at radius 1 is 0.956 bits per heavy atom.